The first-order valence-corrected chi connectivity index (χ1v) is 26.9. The predicted octanol–water partition coefficient (Wildman–Crippen LogP) is 11.7. The van der Waals surface area contributed by atoms with Crippen molar-refractivity contribution in [2.45, 2.75) is 147 Å². The lowest BCUT2D eigenvalue weighted by Gasteiger charge is -2.59. The number of allylic oxidation sites excluding steroid dienone is 1. The van der Waals surface area contributed by atoms with Gasteiger partial charge in [0.25, 0.3) is 5.69 Å². The van der Waals surface area contributed by atoms with Crippen LogP contribution in [-0.2, 0) is 16.1 Å². The Labute approximate surface area is 435 Å². The lowest BCUT2D eigenvalue weighted by Crippen LogP contribution is -2.70. The highest BCUT2D eigenvalue weighted by molar-refractivity contribution is 6.03. The van der Waals surface area contributed by atoms with Crippen LogP contribution < -0.4 is 29.0 Å². The largest absolute Gasteiger partial charge is 0.459 e. The Bertz CT molecular complexity index is 2390. The van der Waals surface area contributed by atoms with Crippen molar-refractivity contribution in [2.75, 3.05) is 39.8 Å². The van der Waals surface area contributed by atoms with E-state index in [4.69, 9.17) is 38.4 Å². The molecular weight excluding hydrogens is 949 g/mol. The number of amides is 2. The van der Waals surface area contributed by atoms with E-state index in [9.17, 15) is 25.1 Å². The molecule has 4 aliphatic rings. The zero-order valence-corrected chi connectivity index (χ0v) is 43.2. The monoisotopic (exact) mass is 1020 g/mol. The first-order valence-electron chi connectivity index (χ1n) is 26.9. The fourth-order valence-electron chi connectivity index (χ4n) is 11.1. The minimum absolute atomic E-state index is 0.0189. The van der Waals surface area contributed by atoms with E-state index in [0.717, 1.165) is 43.2 Å². The summed E-state index contributed by atoms with van der Waals surface area (Å²) in [5.74, 6) is -0.870. The van der Waals surface area contributed by atoms with Gasteiger partial charge in [0.05, 0.1) is 23.2 Å². The second kappa shape index (κ2) is 27.9. The summed E-state index contributed by atoms with van der Waals surface area (Å²) in [5.41, 5.74) is 2.70. The van der Waals surface area contributed by atoms with Crippen molar-refractivity contribution in [3.63, 3.8) is 0 Å². The van der Waals surface area contributed by atoms with Crippen molar-refractivity contribution in [3.05, 3.63) is 106 Å². The summed E-state index contributed by atoms with van der Waals surface area (Å²) in [4.78, 5) is 47.1. The molecule has 74 heavy (non-hydrogen) atoms. The highest BCUT2D eigenvalue weighted by atomic mass is 16.7. The van der Waals surface area contributed by atoms with Gasteiger partial charge in [-0.25, -0.2) is 9.59 Å². The quantitative estimate of drug-likeness (QED) is 0.0246. The van der Waals surface area contributed by atoms with Crippen molar-refractivity contribution in [1.82, 2.24) is 10.2 Å². The van der Waals surface area contributed by atoms with Crippen LogP contribution in [0.1, 0.15) is 140 Å². The van der Waals surface area contributed by atoms with Crippen LogP contribution in [0, 0.1) is 27.9 Å². The third kappa shape index (κ3) is 14.0. The van der Waals surface area contributed by atoms with Crippen molar-refractivity contribution >= 4 is 23.6 Å². The lowest BCUT2D eigenvalue weighted by molar-refractivity contribution is -0.384. The number of carbonyl (C=O) groups excluding carboxylic acids is 2. The van der Waals surface area contributed by atoms with Gasteiger partial charge in [0.2, 0.25) is 12.6 Å². The molecule has 0 radical (unpaired) electrons. The molecule has 3 aromatic rings. The van der Waals surface area contributed by atoms with Gasteiger partial charge in [0.15, 0.2) is 11.5 Å². The number of benzene rings is 3. The normalized spacial score (nSPS) is 21.6. The standard InChI is InChI=1S/C57H76N4O13/c1-4-7-8-9-10-11-12-13-14-17-30-58-55(64)72-44-27-29-49-47(36-44)53-45(21-16-19-32-63)41(20-15-18-31-62)35-46-48(59-71-6-3)37-52(57(74-49,54(46)53)70-33-5-2)60(38-40-22-28-50-51(34-40)69-39-68-50)56(65)73-43-25-23-42(24-26-43)61(66)67/h5,22-29,34-36,41,45,52-54,62-63H,2,4,6-21,30-33,37-39H2,1,3H3,(H,58,64). The van der Waals surface area contributed by atoms with Gasteiger partial charge in [-0.1, -0.05) is 101 Å². The van der Waals surface area contributed by atoms with E-state index in [1.165, 1.54) is 69.2 Å². The molecule has 3 aromatic carbocycles. The van der Waals surface area contributed by atoms with Crippen LogP contribution in [0.2, 0.25) is 0 Å². The fraction of sp³-hybridized carbons (Fsp3) is 0.561. The summed E-state index contributed by atoms with van der Waals surface area (Å²) in [7, 11) is 0. The van der Waals surface area contributed by atoms with Crippen molar-refractivity contribution in [1.29, 1.82) is 0 Å². The van der Waals surface area contributed by atoms with Gasteiger partial charge in [-0.2, -0.15) is 0 Å². The van der Waals surface area contributed by atoms with Crippen molar-refractivity contribution in [3.8, 4) is 28.7 Å². The number of oxime groups is 1. The number of nitrogens with one attached hydrogen (secondary N) is 1. The van der Waals surface area contributed by atoms with E-state index >= 15 is 4.79 Å². The molecule has 6 atom stereocenters. The summed E-state index contributed by atoms with van der Waals surface area (Å²) in [6.07, 6.45) is 18.6. The second-order valence-corrected chi connectivity index (χ2v) is 19.6. The number of carbonyl (C=O) groups is 2. The number of nitro groups is 1. The highest BCUT2D eigenvalue weighted by Gasteiger charge is 2.66. The molecule has 0 spiro atoms. The topological polar surface area (TPSA) is 210 Å². The SMILES string of the molecule is C=CCOC12Oc3ccc(OC(=O)NCCCCCCCCCCCC)cc3C3C(CCCCO)C(CCCCO)C=C(C(=NOCC)CC1N(Cc1ccc4c(c1)OCO4)C(=O)Oc1ccc([N+](=O)[O-])cc1)C32. The molecule has 6 unspecified atom stereocenters. The third-order valence-corrected chi connectivity index (χ3v) is 14.6. The third-order valence-electron chi connectivity index (χ3n) is 14.6. The predicted molar refractivity (Wildman–Crippen MR) is 280 cm³/mol. The number of unbranched alkanes of at least 4 members (excludes halogenated alkanes) is 11. The summed E-state index contributed by atoms with van der Waals surface area (Å²) >= 11 is 0. The molecule has 0 saturated heterocycles. The molecule has 2 aliphatic heterocycles. The van der Waals surface area contributed by atoms with E-state index in [2.05, 4.69) is 24.9 Å². The zero-order valence-electron chi connectivity index (χ0n) is 43.2. The Kier molecular flexibility index (Phi) is 21.0. The molecule has 0 aromatic heterocycles. The Hall–Kier alpha value is -6.17. The minimum Gasteiger partial charge on any atom is -0.459 e. The number of rotatable bonds is 30. The fourth-order valence-corrected chi connectivity index (χ4v) is 11.1. The highest BCUT2D eigenvalue weighted by Crippen LogP contribution is 2.62. The number of non-ortho nitro benzene ring substituents is 1. The van der Waals surface area contributed by atoms with Gasteiger partial charge in [-0.15, -0.1) is 6.58 Å². The average Bonchev–Trinajstić information content (AvgIpc) is 3.89. The van der Waals surface area contributed by atoms with E-state index in [0.29, 0.717) is 66.5 Å². The Morgan fingerprint density at radius 3 is 2.24 bits per heavy atom. The molecule has 17 nitrogen and oxygen atoms in total. The maximum atomic E-state index is 15.1. The summed E-state index contributed by atoms with van der Waals surface area (Å²) in [5, 5.41) is 39.4. The van der Waals surface area contributed by atoms with Crippen LogP contribution in [0.5, 0.6) is 28.7 Å². The molecule has 1 fully saturated rings. The summed E-state index contributed by atoms with van der Waals surface area (Å²) in [6, 6.07) is 15.1. The number of nitrogens with zero attached hydrogens (tertiary/aromatic N) is 3. The van der Waals surface area contributed by atoms with E-state index < -0.39 is 40.8 Å². The molecule has 17 heteroatoms. The first kappa shape index (κ1) is 55.6. The average molecular weight is 1030 g/mol. The molecule has 1 saturated carbocycles. The summed E-state index contributed by atoms with van der Waals surface area (Å²) in [6.45, 7) is 8.97. The van der Waals surface area contributed by atoms with Gasteiger partial charge >= 0.3 is 12.2 Å². The van der Waals surface area contributed by atoms with Gasteiger partial charge in [0, 0.05) is 56.3 Å². The summed E-state index contributed by atoms with van der Waals surface area (Å²) < 4.78 is 38.0. The Balaban J connectivity index is 1.29. The molecular formula is C57H76N4O13. The number of ether oxygens (including phenoxy) is 6. The molecule has 7 rings (SSSR count). The van der Waals surface area contributed by atoms with Crippen molar-refractivity contribution < 1.29 is 58.0 Å². The van der Waals surface area contributed by atoms with Crippen LogP contribution in [0.3, 0.4) is 0 Å². The zero-order chi connectivity index (χ0) is 52.3. The first-order chi connectivity index (χ1) is 36.1. The Morgan fingerprint density at radius 2 is 1.54 bits per heavy atom. The number of aliphatic hydroxyl groups is 2. The van der Waals surface area contributed by atoms with E-state index in [1.807, 2.05) is 19.1 Å². The van der Waals surface area contributed by atoms with Crippen LogP contribution in [0.25, 0.3) is 0 Å². The number of aliphatic hydroxyl groups excluding tert-OH is 2. The molecule has 2 aliphatic carbocycles. The van der Waals surface area contributed by atoms with Crippen LogP contribution >= 0.6 is 0 Å². The van der Waals surface area contributed by atoms with Gasteiger partial charge in [0.1, 0.15) is 29.9 Å². The molecule has 402 valence electrons. The number of nitro benzene ring substituents is 1. The smallest absolute Gasteiger partial charge is 0.416 e. The minimum atomic E-state index is -1.64. The molecule has 2 heterocycles. The Morgan fingerprint density at radius 1 is 0.851 bits per heavy atom. The van der Waals surface area contributed by atoms with Crippen LogP contribution in [0.15, 0.2) is 90.1 Å². The van der Waals surface area contributed by atoms with E-state index in [-0.39, 0.29) is 69.5 Å². The number of fused-ring (bicyclic) bond motifs is 3. The lowest BCUT2D eigenvalue weighted by atomic mass is 9.55. The molecule has 0 bridgehead atoms. The van der Waals surface area contributed by atoms with Gasteiger partial charge < -0.3 is 48.8 Å². The molecule has 2 amide bonds. The van der Waals surface area contributed by atoms with Gasteiger partial charge in [-0.05, 0) is 104 Å². The van der Waals surface area contributed by atoms with E-state index in [1.54, 1.807) is 35.2 Å². The molecule has 3 N–H and O–H groups in total. The van der Waals surface area contributed by atoms with Crippen LogP contribution in [-0.4, -0.2) is 89.5 Å². The van der Waals surface area contributed by atoms with Gasteiger partial charge in [-0.3, -0.25) is 15.0 Å². The number of hydrogen-bond donors (Lipinski definition) is 3. The second-order valence-electron chi connectivity index (χ2n) is 19.6. The van der Waals surface area contributed by atoms with Crippen molar-refractivity contribution in [2.24, 2.45) is 22.9 Å². The number of hydrogen-bond acceptors (Lipinski definition) is 14. The van der Waals surface area contributed by atoms with Crippen LogP contribution in [0.4, 0.5) is 15.3 Å². The maximum Gasteiger partial charge on any atom is 0.416 e. The maximum absolute atomic E-state index is 15.1.